The molecule has 1 aromatic carbocycles. The Morgan fingerprint density at radius 3 is 2.45 bits per heavy atom. The summed E-state index contributed by atoms with van der Waals surface area (Å²) in [4.78, 5) is 17.3. The second kappa shape index (κ2) is 7.53. The third-order valence-electron chi connectivity index (χ3n) is 7.68. The average Bonchev–Trinajstić information content (AvgIpc) is 3.58. The summed E-state index contributed by atoms with van der Waals surface area (Å²) in [5, 5.41) is 13.1. The molecule has 1 amide bonds. The standard InChI is InChI=1S/C23H27F4IN3O2/c1-11(22(6-7-22)23(25,26)27)19(32)30-20-29-18-14(24)8-12(21(2,3)33)9-17(18)31(20)16-5-4-13(16)15-10-28-15/h8-9,11,13,15-16,33H,4-7,10H2,1-3H3,(H,29,30,32)/q-1. The minimum atomic E-state index is -4.45. The zero-order valence-corrected chi connectivity index (χ0v) is 20.8. The van der Waals surface area contributed by atoms with E-state index < -0.39 is 34.8 Å². The van der Waals surface area contributed by atoms with Gasteiger partial charge >= 0.3 is 200 Å². The number of hydrogen-bond acceptors (Lipinski definition) is 3. The Bertz CT molecular complexity index is 1120. The quantitative estimate of drug-likeness (QED) is 0.311. The van der Waals surface area contributed by atoms with Crippen LogP contribution in [0.1, 0.15) is 58.1 Å². The van der Waals surface area contributed by atoms with Gasteiger partial charge in [0.1, 0.15) is 0 Å². The van der Waals surface area contributed by atoms with Gasteiger partial charge in [-0.3, -0.25) is 0 Å². The summed E-state index contributed by atoms with van der Waals surface area (Å²) in [5.41, 5.74) is -2.39. The van der Waals surface area contributed by atoms with Crippen LogP contribution in [0.3, 0.4) is 0 Å². The summed E-state index contributed by atoms with van der Waals surface area (Å²) in [7, 11) is 0. The van der Waals surface area contributed by atoms with E-state index in [2.05, 4.69) is 10.3 Å². The normalized spacial score (nSPS) is 27.5. The molecule has 2 aliphatic carbocycles. The van der Waals surface area contributed by atoms with Crippen molar-refractivity contribution in [3.8, 4) is 0 Å². The van der Waals surface area contributed by atoms with E-state index >= 15 is 4.39 Å². The Hall–Kier alpha value is -1.43. The van der Waals surface area contributed by atoms with Gasteiger partial charge in [0.2, 0.25) is 0 Å². The van der Waals surface area contributed by atoms with Crippen molar-refractivity contribution in [2.75, 3.05) is 9.74 Å². The summed E-state index contributed by atoms with van der Waals surface area (Å²) < 4.78 is 59.5. The number of carbonyl (C=O) groups is 1. The average molecular weight is 580 g/mol. The van der Waals surface area contributed by atoms with E-state index in [9.17, 15) is 23.1 Å². The van der Waals surface area contributed by atoms with Gasteiger partial charge in [-0.2, -0.15) is 0 Å². The molecule has 0 radical (unpaired) electrons. The third kappa shape index (κ3) is 3.84. The maximum atomic E-state index is 15.0. The van der Waals surface area contributed by atoms with Crippen molar-refractivity contribution < 1.29 is 48.7 Å². The monoisotopic (exact) mass is 580 g/mol. The molecule has 1 aliphatic heterocycles. The van der Waals surface area contributed by atoms with E-state index in [1.165, 1.54) is 17.4 Å². The number of nitrogens with one attached hydrogen (secondary N) is 1. The predicted octanol–water partition coefficient (Wildman–Crippen LogP) is 1.74. The van der Waals surface area contributed by atoms with E-state index in [0.29, 0.717) is 20.9 Å². The summed E-state index contributed by atoms with van der Waals surface area (Å²) in [6, 6.07) is 2.92. The molecule has 3 fully saturated rings. The summed E-state index contributed by atoms with van der Waals surface area (Å²) in [6.07, 6.45) is -2.70. The first-order chi connectivity index (χ1) is 15.3. The number of amides is 1. The van der Waals surface area contributed by atoms with Crippen LogP contribution < -0.4 is 26.5 Å². The molecule has 4 atom stereocenters. The Balaban J connectivity index is 1.56. The third-order valence-corrected chi connectivity index (χ3v) is 10.5. The molecule has 4 unspecified atom stereocenters. The molecule has 2 heterocycles. The summed E-state index contributed by atoms with van der Waals surface area (Å²) in [5.74, 6) is -2.13. The number of imidazole rings is 1. The number of aliphatic hydroxyl groups is 1. The minimum absolute atomic E-state index is 0.0155. The number of alkyl halides is 5. The number of anilines is 1. The van der Waals surface area contributed by atoms with Gasteiger partial charge in [-0.15, -0.1) is 0 Å². The van der Waals surface area contributed by atoms with Gasteiger partial charge in [0.15, 0.2) is 0 Å². The fourth-order valence-electron chi connectivity index (χ4n) is 5.03. The van der Waals surface area contributed by atoms with Crippen LogP contribution in [-0.4, -0.2) is 35.1 Å². The second-order valence-corrected chi connectivity index (χ2v) is 13.5. The van der Waals surface area contributed by atoms with E-state index in [1.54, 1.807) is 19.9 Å². The van der Waals surface area contributed by atoms with Crippen LogP contribution in [-0.2, 0) is 10.4 Å². The number of hydrogen-bond donors (Lipinski definition) is 2. The predicted molar refractivity (Wildman–Crippen MR) is 111 cm³/mol. The van der Waals surface area contributed by atoms with Gasteiger partial charge < -0.3 is 0 Å². The molecule has 1 aromatic heterocycles. The molecule has 0 spiro atoms. The van der Waals surface area contributed by atoms with E-state index in [1.807, 2.05) is 4.57 Å². The van der Waals surface area contributed by atoms with Crippen LogP contribution in [0.2, 0.25) is 0 Å². The van der Waals surface area contributed by atoms with Gasteiger partial charge in [0.25, 0.3) is 0 Å². The van der Waals surface area contributed by atoms with Gasteiger partial charge in [-0.25, -0.2) is 0 Å². The number of aromatic nitrogens is 2. The van der Waals surface area contributed by atoms with Gasteiger partial charge in [0, 0.05) is 0 Å². The fraction of sp³-hybridized carbons (Fsp3) is 0.652. The molecular weight excluding hydrogens is 553 g/mol. The molecule has 5 nitrogen and oxygen atoms in total. The van der Waals surface area contributed by atoms with Crippen molar-refractivity contribution in [3.05, 3.63) is 23.5 Å². The summed E-state index contributed by atoms with van der Waals surface area (Å²) >= 11 is 0.180. The van der Waals surface area contributed by atoms with Crippen molar-refractivity contribution in [3.63, 3.8) is 0 Å². The second-order valence-electron chi connectivity index (χ2n) is 10.2. The fourth-order valence-corrected chi connectivity index (χ4v) is 7.47. The van der Waals surface area contributed by atoms with Crippen molar-refractivity contribution in [2.45, 2.75) is 68.2 Å². The van der Waals surface area contributed by atoms with Gasteiger partial charge in [0.05, 0.1) is 0 Å². The molecular formula is C23H27F4IN3O2-. The zero-order valence-electron chi connectivity index (χ0n) is 18.6. The SMILES string of the molecule is CC(C(=O)Nc1nc2c(F)cc(C(C)(C)O)cc2n1C1CCC1C1C[I-]1)C1(C(F)(F)F)CC1. The molecule has 5 rings (SSSR count). The van der Waals surface area contributed by atoms with Crippen molar-refractivity contribution in [1.29, 1.82) is 0 Å². The van der Waals surface area contributed by atoms with E-state index in [0.717, 1.165) is 12.8 Å². The van der Waals surface area contributed by atoms with Crippen molar-refractivity contribution >= 4 is 22.9 Å². The van der Waals surface area contributed by atoms with Crippen molar-refractivity contribution in [2.24, 2.45) is 17.3 Å². The molecule has 182 valence electrons. The molecule has 2 aromatic rings. The number of benzene rings is 1. The topological polar surface area (TPSA) is 67.2 Å². The number of nitrogens with zero attached hydrogens (tertiary/aromatic N) is 2. The number of carbonyl (C=O) groups excluding carboxylic acids is 1. The van der Waals surface area contributed by atoms with Crippen LogP contribution in [0.25, 0.3) is 11.0 Å². The van der Waals surface area contributed by atoms with Crippen LogP contribution in [0.4, 0.5) is 23.5 Å². The van der Waals surface area contributed by atoms with E-state index in [4.69, 9.17) is 0 Å². The zero-order chi connectivity index (χ0) is 23.9. The summed E-state index contributed by atoms with van der Waals surface area (Å²) in [6.45, 7) is 4.42. The van der Waals surface area contributed by atoms with Crippen LogP contribution in [0.15, 0.2) is 12.1 Å². The molecule has 3 aliphatic rings. The van der Waals surface area contributed by atoms with Crippen LogP contribution in [0.5, 0.6) is 0 Å². The van der Waals surface area contributed by atoms with Crippen molar-refractivity contribution in [1.82, 2.24) is 9.55 Å². The maximum absolute atomic E-state index is 15.0. The first-order valence-corrected chi connectivity index (χ1v) is 14.0. The first kappa shape index (κ1) is 23.3. The number of halogens is 5. The van der Waals surface area contributed by atoms with E-state index in [-0.39, 0.29) is 51.6 Å². The van der Waals surface area contributed by atoms with Crippen LogP contribution >= 0.6 is 0 Å². The molecule has 2 saturated carbocycles. The number of fused-ring (bicyclic) bond motifs is 1. The number of rotatable bonds is 6. The van der Waals surface area contributed by atoms with Gasteiger partial charge in [-0.05, 0) is 0 Å². The molecule has 1 saturated heterocycles. The first-order valence-electron chi connectivity index (χ1n) is 11.2. The Kier molecular flexibility index (Phi) is 5.32. The molecule has 33 heavy (non-hydrogen) atoms. The molecule has 2 N–H and O–H groups in total. The van der Waals surface area contributed by atoms with Gasteiger partial charge in [-0.1, -0.05) is 0 Å². The Morgan fingerprint density at radius 2 is 1.97 bits per heavy atom. The van der Waals surface area contributed by atoms with Crippen LogP contribution in [0, 0.1) is 23.1 Å². The Morgan fingerprint density at radius 1 is 1.30 bits per heavy atom. The molecule has 0 bridgehead atoms. The molecule has 10 heteroatoms. The Labute approximate surface area is 199 Å².